The van der Waals surface area contributed by atoms with Crippen LogP contribution in [0.3, 0.4) is 0 Å². The Morgan fingerprint density at radius 1 is 0.727 bits per heavy atom. The van der Waals surface area contributed by atoms with Gasteiger partial charge in [-0.3, -0.25) is 4.98 Å². The van der Waals surface area contributed by atoms with Crippen molar-refractivity contribution in [2.75, 3.05) is 0 Å². The fourth-order valence-electron chi connectivity index (χ4n) is 2.04. The molecule has 0 fully saturated rings. The van der Waals surface area contributed by atoms with Crippen molar-refractivity contribution >= 4 is 34.8 Å². The summed E-state index contributed by atoms with van der Waals surface area (Å²) >= 11 is 0. The Morgan fingerprint density at radius 3 is 1.68 bits per heavy atom. The van der Waals surface area contributed by atoms with Crippen molar-refractivity contribution in [1.82, 2.24) is 4.98 Å². The summed E-state index contributed by atoms with van der Waals surface area (Å²) in [6.45, 7) is 0. The van der Waals surface area contributed by atoms with Gasteiger partial charge in [0.15, 0.2) is 0 Å². The molecule has 112 valence electrons. The predicted octanol–water partition coefficient (Wildman–Crippen LogP) is 1.03. The molecule has 0 amide bonds. The number of fused-ring (bicyclic) bond motifs is 1. The molecule has 0 aliphatic heterocycles. The van der Waals surface area contributed by atoms with E-state index in [1.807, 2.05) is 0 Å². The molecule has 0 aliphatic carbocycles. The van der Waals surface area contributed by atoms with Crippen LogP contribution >= 0.6 is 0 Å². The van der Waals surface area contributed by atoms with Gasteiger partial charge < -0.3 is 20.4 Å². The zero-order chi connectivity index (χ0) is 16.6. The molecule has 4 N–H and O–H groups in total. The highest BCUT2D eigenvalue weighted by Crippen LogP contribution is 2.27. The third kappa shape index (κ3) is 2.20. The first-order valence-corrected chi connectivity index (χ1v) is 5.64. The first kappa shape index (κ1) is 14.9. The van der Waals surface area contributed by atoms with E-state index in [-0.39, 0.29) is 0 Å². The first-order valence-electron chi connectivity index (χ1n) is 5.64. The Kier molecular flexibility index (Phi) is 3.47. The summed E-state index contributed by atoms with van der Waals surface area (Å²) in [5, 5.41) is 35.9. The van der Waals surface area contributed by atoms with Crippen molar-refractivity contribution in [2.45, 2.75) is 0 Å². The largest absolute Gasteiger partial charge is 0.478 e. The smallest absolute Gasteiger partial charge is 0.338 e. The molecule has 1 heterocycles. The van der Waals surface area contributed by atoms with Gasteiger partial charge in [0, 0.05) is 11.6 Å². The van der Waals surface area contributed by atoms with Gasteiger partial charge in [-0.05, 0) is 12.1 Å². The maximum absolute atomic E-state index is 11.4. The number of rotatable bonds is 4. The van der Waals surface area contributed by atoms with Crippen LogP contribution in [-0.4, -0.2) is 49.3 Å². The van der Waals surface area contributed by atoms with E-state index in [1.165, 1.54) is 0 Å². The van der Waals surface area contributed by atoms with Crippen LogP contribution in [0.1, 0.15) is 41.4 Å². The minimum Gasteiger partial charge on any atom is -0.478 e. The number of hydrogen-bond donors (Lipinski definition) is 4. The van der Waals surface area contributed by atoms with E-state index in [9.17, 15) is 24.3 Å². The van der Waals surface area contributed by atoms with Crippen LogP contribution in [0.4, 0.5) is 0 Å². The van der Waals surface area contributed by atoms with Crippen LogP contribution in [-0.2, 0) is 0 Å². The minimum atomic E-state index is -1.70. The van der Waals surface area contributed by atoms with Gasteiger partial charge in [-0.25, -0.2) is 19.2 Å². The van der Waals surface area contributed by atoms with Crippen LogP contribution in [0, 0.1) is 0 Å². The van der Waals surface area contributed by atoms with Crippen LogP contribution < -0.4 is 0 Å². The molecule has 2 aromatic rings. The molecule has 0 aliphatic rings. The number of aromatic nitrogens is 1. The number of aromatic carboxylic acids is 4. The molecule has 22 heavy (non-hydrogen) atoms. The van der Waals surface area contributed by atoms with Crippen molar-refractivity contribution in [3.05, 3.63) is 40.6 Å². The van der Waals surface area contributed by atoms with Gasteiger partial charge in [0.1, 0.15) is 0 Å². The Bertz CT molecular complexity index is 855. The summed E-state index contributed by atoms with van der Waals surface area (Å²) in [6, 6.07) is 1.86. The molecule has 0 unspecified atom stereocenters. The standard InChI is InChI=1S/C13H7NO8/c15-10(16)4-1-2-5(11(17)18)9-7(4)8(13(21)22)6(3-14-9)12(19)20/h1-3H,(H,15,16)(H,17,18)(H,19,20)(H,21,22). The summed E-state index contributed by atoms with van der Waals surface area (Å²) in [6.07, 6.45) is 0.687. The van der Waals surface area contributed by atoms with Gasteiger partial charge in [-0.1, -0.05) is 0 Å². The Balaban J connectivity index is 3.13. The van der Waals surface area contributed by atoms with Crippen LogP contribution in [0.25, 0.3) is 10.9 Å². The van der Waals surface area contributed by atoms with Crippen molar-refractivity contribution in [2.24, 2.45) is 0 Å². The van der Waals surface area contributed by atoms with Crippen LogP contribution in [0.5, 0.6) is 0 Å². The lowest BCUT2D eigenvalue weighted by Crippen LogP contribution is -2.14. The normalized spacial score (nSPS) is 10.4. The summed E-state index contributed by atoms with van der Waals surface area (Å²) in [5.41, 5.74) is -2.94. The van der Waals surface area contributed by atoms with E-state index in [0.717, 1.165) is 12.1 Å². The average Bonchev–Trinajstić information content (AvgIpc) is 2.43. The second kappa shape index (κ2) is 5.13. The third-order valence-electron chi connectivity index (χ3n) is 2.93. The van der Waals surface area contributed by atoms with Gasteiger partial charge in [-0.2, -0.15) is 0 Å². The van der Waals surface area contributed by atoms with Crippen molar-refractivity contribution < 1.29 is 39.6 Å². The van der Waals surface area contributed by atoms with Gasteiger partial charge >= 0.3 is 23.9 Å². The number of hydrogen-bond acceptors (Lipinski definition) is 5. The molecule has 1 aromatic heterocycles. The monoisotopic (exact) mass is 305 g/mol. The van der Waals surface area contributed by atoms with Crippen molar-refractivity contribution in [3.63, 3.8) is 0 Å². The average molecular weight is 305 g/mol. The van der Waals surface area contributed by atoms with Crippen LogP contribution in [0.2, 0.25) is 0 Å². The quantitative estimate of drug-likeness (QED) is 0.645. The Hall–Kier alpha value is -3.49. The van der Waals surface area contributed by atoms with E-state index < -0.39 is 57.0 Å². The molecule has 9 nitrogen and oxygen atoms in total. The molecule has 0 radical (unpaired) electrons. The van der Waals surface area contributed by atoms with Gasteiger partial charge in [0.2, 0.25) is 0 Å². The Labute approximate surface area is 121 Å². The van der Waals surface area contributed by atoms with E-state index in [2.05, 4.69) is 4.98 Å². The molecule has 9 heteroatoms. The fourth-order valence-corrected chi connectivity index (χ4v) is 2.04. The topological polar surface area (TPSA) is 162 Å². The molecule has 0 atom stereocenters. The first-order chi connectivity index (χ1) is 10.3. The van der Waals surface area contributed by atoms with Crippen molar-refractivity contribution in [3.8, 4) is 0 Å². The lowest BCUT2D eigenvalue weighted by Gasteiger charge is -2.10. The second-order valence-electron chi connectivity index (χ2n) is 4.15. The summed E-state index contributed by atoms with van der Waals surface area (Å²) in [7, 11) is 0. The highest BCUT2D eigenvalue weighted by atomic mass is 16.4. The molecular weight excluding hydrogens is 298 g/mol. The highest BCUT2D eigenvalue weighted by Gasteiger charge is 2.26. The molecule has 0 saturated heterocycles. The second-order valence-corrected chi connectivity index (χ2v) is 4.15. The molecule has 0 spiro atoms. The fraction of sp³-hybridized carbons (Fsp3) is 0. The maximum Gasteiger partial charge on any atom is 0.338 e. The minimum absolute atomic E-state index is 0.408. The number of carboxylic acids is 4. The SMILES string of the molecule is O=C(O)c1cnc2c(C(=O)O)ccc(C(=O)O)c2c1C(=O)O. The number of carbonyl (C=O) groups is 4. The third-order valence-corrected chi connectivity index (χ3v) is 2.93. The predicted molar refractivity (Wildman–Crippen MR) is 69.6 cm³/mol. The lowest BCUT2D eigenvalue weighted by molar-refractivity contribution is 0.0651. The molecule has 1 aromatic carbocycles. The molecular formula is C13H7NO8. The summed E-state index contributed by atoms with van der Waals surface area (Å²) < 4.78 is 0. The number of pyridine rings is 1. The van der Waals surface area contributed by atoms with E-state index in [0.29, 0.717) is 6.20 Å². The zero-order valence-electron chi connectivity index (χ0n) is 10.6. The molecule has 0 saturated carbocycles. The van der Waals surface area contributed by atoms with Gasteiger partial charge in [-0.15, -0.1) is 0 Å². The number of carboxylic acid groups (broad SMARTS) is 4. The summed E-state index contributed by atoms with van der Waals surface area (Å²) in [5.74, 6) is -6.30. The maximum atomic E-state index is 11.4. The Morgan fingerprint density at radius 2 is 1.23 bits per heavy atom. The van der Waals surface area contributed by atoms with Gasteiger partial charge in [0.05, 0.1) is 27.8 Å². The lowest BCUT2D eigenvalue weighted by atomic mass is 9.96. The molecule has 0 bridgehead atoms. The number of nitrogens with zero attached hydrogens (tertiary/aromatic N) is 1. The van der Waals surface area contributed by atoms with E-state index in [1.54, 1.807) is 0 Å². The number of benzene rings is 1. The summed E-state index contributed by atoms with van der Waals surface area (Å²) in [4.78, 5) is 48.5. The van der Waals surface area contributed by atoms with E-state index >= 15 is 0 Å². The molecule has 2 rings (SSSR count). The van der Waals surface area contributed by atoms with Crippen LogP contribution in [0.15, 0.2) is 18.3 Å². The highest BCUT2D eigenvalue weighted by molar-refractivity contribution is 6.19. The van der Waals surface area contributed by atoms with Crippen molar-refractivity contribution in [1.29, 1.82) is 0 Å². The zero-order valence-corrected chi connectivity index (χ0v) is 10.6. The van der Waals surface area contributed by atoms with Gasteiger partial charge in [0.25, 0.3) is 0 Å². The van der Waals surface area contributed by atoms with E-state index in [4.69, 9.17) is 15.3 Å².